The maximum Gasteiger partial charge on any atom is 0.0722 e. The fraction of sp³-hybridized carbons (Fsp3) is 0.357. The van der Waals surface area contributed by atoms with Gasteiger partial charge in [-0.3, -0.25) is 4.98 Å². The molecular weight excluding hydrogens is 210 g/mol. The predicted molar refractivity (Wildman–Crippen MR) is 71.3 cm³/mol. The monoisotopic (exact) mass is 227 g/mol. The van der Waals surface area contributed by atoms with Crippen molar-refractivity contribution in [2.45, 2.75) is 18.9 Å². The van der Waals surface area contributed by atoms with Gasteiger partial charge in [-0.2, -0.15) is 0 Å². The van der Waals surface area contributed by atoms with Crippen LogP contribution in [0.3, 0.4) is 0 Å². The lowest BCUT2D eigenvalue weighted by atomic mass is 10.1. The van der Waals surface area contributed by atoms with E-state index in [0.717, 1.165) is 18.6 Å². The highest BCUT2D eigenvalue weighted by Crippen LogP contribution is 2.22. The molecule has 1 aromatic carbocycles. The first-order valence-corrected chi connectivity index (χ1v) is 6.24. The highest BCUT2D eigenvalue weighted by atomic mass is 15.0. The maximum atomic E-state index is 4.38. The minimum Gasteiger partial charge on any atom is -0.380 e. The fourth-order valence-electron chi connectivity index (χ4n) is 2.42. The van der Waals surface area contributed by atoms with Crippen LogP contribution in [0.25, 0.3) is 10.9 Å². The summed E-state index contributed by atoms with van der Waals surface area (Å²) in [5, 5.41) is 8.26. The van der Waals surface area contributed by atoms with Crippen LogP contribution in [-0.4, -0.2) is 24.1 Å². The van der Waals surface area contributed by atoms with Gasteiger partial charge in [-0.1, -0.05) is 6.07 Å². The molecule has 1 aliphatic heterocycles. The molecule has 2 N–H and O–H groups in total. The van der Waals surface area contributed by atoms with E-state index in [9.17, 15) is 0 Å². The van der Waals surface area contributed by atoms with Crippen molar-refractivity contribution in [3.8, 4) is 0 Å². The third-order valence-electron chi connectivity index (χ3n) is 3.30. The maximum absolute atomic E-state index is 4.38. The molecule has 3 heteroatoms. The molecule has 0 aliphatic carbocycles. The molecule has 1 aromatic heterocycles. The number of aromatic nitrogens is 1. The van der Waals surface area contributed by atoms with E-state index in [1.165, 1.54) is 23.9 Å². The Bertz CT molecular complexity index is 498. The quantitative estimate of drug-likeness (QED) is 0.827. The molecule has 1 atom stereocenters. The van der Waals surface area contributed by atoms with Crippen LogP contribution >= 0.6 is 0 Å². The molecule has 1 saturated heterocycles. The van der Waals surface area contributed by atoms with Crippen LogP contribution in [0.5, 0.6) is 0 Å². The summed E-state index contributed by atoms with van der Waals surface area (Å²) in [6.45, 7) is 2.20. The highest BCUT2D eigenvalue weighted by Gasteiger charge is 2.13. The van der Waals surface area contributed by atoms with Crippen LogP contribution in [-0.2, 0) is 0 Å². The van der Waals surface area contributed by atoms with Crippen LogP contribution in [0.4, 0.5) is 5.69 Å². The number of hydrogen-bond acceptors (Lipinski definition) is 3. The van der Waals surface area contributed by atoms with Gasteiger partial charge < -0.3 is 10.6 Å². The van der Waals surface area contributed by atoms with E-state index in [2.05, 4.69) is 39.9 Å². The van der Waals surface area contributed by atoms with E-state index in [1.54, 1.807) is 0 Å². The van der Waals surface area contributed by atoms with Gasteiger partial charge >= 0.3 is 0 Å². The van der Waals surface area contributed by atoms with Gasteiger partial charge in [0.05, 0.1) is 5.52 Å². The summed E-state index contributed by atoms with van der Waals surface area (Å²) in [6, 6.07) is 10.9. The molecule has 0 saturated carbocycles. The molecule has 3 nitrogen and oxygen atoms in total. The summed E-state index contributed by atoms with van der Waals surface area (Å²) >= 11 is 0. The van der Waals surface area contributed by atoms with Crippen molar-refractivity contribution in [2.24, 2.45) is 0 Å². The fourth-order valence-corrected chi connectivity index (χ4v) is 2.42. The van der Waals surface area contributed by atoms with Crippen molar-refractivity contribution in [3.63, 3.8) is 0 Å². The Hall–Kier alpha value is -1.61. The van der Waals surface area contributed by atoms with E-state index < -0.39 is 0 Å². The molecule has 1 fully saturated rings. The molecule has 2 aromatic rings. The molecule has 2 heterocycles. The molecule has 3 rings (SSSR count). The van der Waals surface area contributed by atoms with Crippen molar-refractivity contribution in [1.82, 2.24) is 10.3 Å². The molecule has 88 valence electrons. The van der Waals surface area contributed by atoms with Crippen LogP contribution < -0.4 is 10.6 Å². The first kappa shape index (κ1) is 10.5. The number of anilines is 1. The molecule has 0 amide bonds. The lowest BCUT2D eigenvalue weighted by Crippen LogP contribution is -2.38. The van der Waals surface area contributed by atoms with Crippen LogP contribution in [0.1, 0.15) is 12.8 Å². The summed E-state index contributed by atoms with van der Waals surface area (Å²) in [5.41, 5.74) is 2.26. The second-order valence-electron chi connectivity index (χ2n) is 4.56. The Morgan fingerprint density at radius 3 is 3.12 bits per heavy atom. The second-order valence-corrected chi connectivity index (χ2v) is 4.56. The zero-order valence-electron chi connectivity index (χ0n) is 9.82. The first-order valence-electron chi connectivity index (χ1n) is 6.24. The van der Waals surface area contributed by atoms with Crippen LogP contribution in [0, 0.1) is 0 Å². The first-order chi connectivity index (χ1) is 8.43. The summed E-state index contributed by atoms with van der Waals surface area (Å²) in [5.74, 6) is 0. The molecular formula is C14H17N3. The Labute approximate surface area is 101 Å². The smallest absolute Gasteiger partial charge is 0.0722 e. The van der Waals surface area contributed by atoms with Gasteiger partial charge in [0, 0.05) is 29.9 Å². The summed E-state index contributed by atoms with van der Waals surface area (Å²) < 4.78 is 0. The lowest BCUT2D eigenvalue weighted by molar-refractivity contribution is 0.480. The average Bonchev–Trinajstić information content (AvgIpc) is 2.40. The minimum absolute atomic E-state index is 0.537. The Balaban J connectivity index is 1.89. The zero-order chi connectivity index (χ0) is 11.5. The number of nitrogens with one attached hydrogen (secondary N) is 2. The molecule has 17 heavy (non-hydrogen) atoms. The normalized spacial score (nSPS) is 20.4. The second kappa shape index (κ2) is 4.72. The summed E-state index contributed by atoms with van der Waals surface area (Å²) in [7, 11) is 0. The van der Waals surface area contributed by atoms with E-state index in [4.69, 9.17) is 0 Å². The molecule has 1 aliphatic rings. The number of benzene rings is 1. The molecule has 1 unspecified atom stereocenters. The number of pyridine rings is 1. The average molecular weight is 227 g/mol. The van der Waals surface area contributed by atoms with E-state index in [-0.39, 0.29) is 0 Å². The summed E-state index contributed by atoms with van der Waals surface area (Å²) in [4.78, 5) is 4.38. The molecule has 0 bridgehead atoms. The minimum atomic E-state index is 0.537. The third kappa shape index (κ3) is 2.24. The van der Waals surface area contributed by atoms with Gasteiger partial charge in [-0.25, -0.2) is 0 Å². The van der Waals surface area contributed by atoms with Gasteiger partial charge in [-0.15, -0.1) is 0 Å². The molecule has 0 radical (unpaired) electrons. The van der Waals surface area contributed by atoms with Crippen molar-refractivity contribution >= 4 is 16.6 Å². The van der Waals surface area contributed by atoms with Crippen molar-refractivity contribution in [2.75, 3.05) is 18.4 Å². The van der Waals surface area contributed by atoms with E-state index in [1.807, 2.05) is 12.3 Å². The van der Waals surface area contributed by atoms with Crippen molar-refractivity contribution in [1.29, 1.82) is 0 Å². The molecule has 0 spiro atoms. The van der Waals surface area contributed by atoms with Crippen LogP contribution in [0.2, 0.25) is 0 Å². The van der Waals surface area contributed by atoms with Crippen molar-refractivity contribution < 1.29 is 0 Å². The number of rotatable bonds is 2. The Morgan fingerprint density at radius 2 is 2.24 bits per heavy atom. The Morgan fingerprint density at radius 1 is 1.24 bits per heavy atom. The van der Waals surface area contributed by atoms with Crippen LogP contribution in [0.15, 0.2) is 36.5 Å². The van der Waals surface area contributed by atoms with Gasteiger partial charge in [0.2, 0.25) is 0 Å². The van der Waals surface area contributed by atoms with Gasteiger partial charge in [0.1, 0.15) is 0 Å². The number of fused-ring (bicyclic) bond motifs is 1. The highest BCUT2D eigenvalue weighted by molar-refractivity contribution is 5.91. The SMILES string of the molecule is c1cc(NC2CCCNC2)c2cccnc2c1. The zero-order valence-corrected chi connectivity index (χ0v) is 9.82. The van der Waals surface area contributed by atoms with Gasteiger partial charge in [0.25, 0.3) is 0 Å². The van der Waals surface area contributed by atoms with Gasteiger partial charge in [0.15, 0.2) is 0 Å². The number of piperidine rings is 1. The van der Waals surface area contributed by atoms with Gasteiger partial charge in [-0.05, 0) is 43.7 Å². The number of nitrogens with zero attached hydrogens (tertiary/aromatic N) is 1. The lowest BCUT2D eigenvalue weighted by Gasteiger charge is -2.25. The Kier molecular flexibility index (Phi) is 2.92. The predicted octanol–water partition coefficient (Wildman–Crippen LogP) is 2.40. The topological polar surface area (TPSA) is 37.0 Å². The standard InChI is InChI=1S/C14H17N3/c1-6-13-12(5-3-9-16-13)14(7-1)17-11-4-2-8-15-10-11/h1,3,5-7,9,11,15,17H,2,4,8,10H2. The largest absolute Gasteiger partial charge is 0.380 e. The summed E-state index contributed by atoms with van der Waals surface area (Å²) in [6.07, 6.45) is 4.33. The number of hydrogen-bond donors (Lipinski definition) is 2. The third-order valence-corrected chi connectivity index (χ3v) is 3.30. The van der Waals surface area contributed by atoms with E-state index >= 15 is 0 Å². The van der Waals surface area contributed by atoms with E-state index in [0.29, 0.717) is 6.04 Å². The van der Waals surface area contributed by atoms with Crippen molar-refractivity contribution in [3.05, 3.63) is 36.5 Å².